The van der Waals surface area contributed by atoms with Crippen molar-refractivity contribution in [1.82, 2.24) is 5.32 Å². The number of halogens is 1. The second-order valence-electron chi connectivity index (χ2n) is 4.64. The van der Waals surface area contributed by atoms with Crippen LogP contribution in [0.3, 0.4) is 0 Å². The van der Waals surface area contributed by atoms with Crippen molar-refractivity contribution in [2.45, 2.75) is 45.2 Å². The van der Waals surface area contributed by atoms with Crippen LogP contribution in [0, 0.1) is 0 Å². The molecule has 0 radical (unpaired) electrons. The first-order valence-electron chi connectivity index (χ1n) is 6.33. The van der Waals surface area contributed by atoms with Gasteiger partial charge in [-0.15, -0.1) is 0 Å². The predicted octanol–water partition coefficient (Wildman–Crippen LogP) is 2.51. The molecule has 1 amide bonds. The zero-order valence-electron chi connectivity index (χ0n) is 10.9. The van der Waals surface area contributed by atoms with Crippen LogP contribution in [0.5, 0.6) is 0 Å². The number of amides is 1. The molecule has 100 valence electrons. The van der Waals surface area contributed by atoms with E-state index >= 15 is 0 Å². The van der Waals surface area contributed by atoms with Gasteiger partial charge in [0, 0.05) is 11.1 Å². The molecule has 0 spiro atoms. The van der Waals surface area contributed by atoms with Gasteiger partial charge >= 0.3 is 0 Å². The van der Waals surface area contributed by atoms with Gasteiger partial charge in [0.1, 0.15) is 0 Å². The van der Waals surface area contributed by atoms with Crippen LogP contribution in [0.15, 0.2) is 24.3 Å². The molecule has 0 bridgehead atoms. The molecule has 0 aliphatic carbocycles. The number of carbonyl (C=O) groups is 1. The van der Waals surface area contributed by atoms with Crippen LogP contribution in [0.2, 0.25) is 5.02 Å². The van der Waals surface area contributed by atoms with Crippen LogP contribution in [0.1, 0.15) is 32.3 Å². The minimum atomic E-state index is -0.406. The molecule has 1 unspecified atom stereocenters. The lowest BCUT2D eigenvalue weighted by molar-refractivity contribution is -0.123. The molecular formula is C14H21ClN2O. The maximum absolute atomic E-state index is 11.7. The smallest absolute Gasteiger partial charge is 0.237 e. The van der Waals surface area contributed by atoms with Crippen molar-refractivity contribution in [3.05, 3.63) is 34.9 Å². The minimum Gasteiger partial charge on any atom is -0.352 e. The number of benzene rings is 1. The van der Waals surface area contributed by atoms with E-state index in [1.165, 1.54) is 0 Å². The molecule has 1 rings (SSSR count). The Morgan fingerprint density at radius 1 is 1.50 bits per heavy atom. The Labute approximate surface area is 114 Å². The zero-order chi connectivity index (χ0) is 13.5. The summed E-state index contributed by atoms with van der Waals surface area (Å²) in [5, 5.41) is 3.64. The van der Waals surface area contributed by atoms with E-state index in [4.69, 9.17) is 17.3 Å². The molecule has 0 aliphatic rings. The van der Waals surface area contributed by atoms with Crippen molar-refractivity contribution in [3.8, 4) is 0 Å². The van der Waals surface area contributed by atoms with Gasteiger partial charge in [0.05, 0.1) is 6.04 Å². The van der Waals surface area contributed by atoms with E-state index in [1.54, 1.807) is 0 Å². The molecule has 3 N–H and O–H groups in total. The summed E-state index contributed by atoms with van der Waals surface area (Å²) in [5.74, 6) is -0.0774. The lowest BCUT2D eigenvalue weighted by Crippen LogP contribution is -2.45. The quantitative estimate of drug-likeness (QED) is 0.833. The molecular weight excluding hydrogens is 248 g/mol. The van der Waals surface area contributed by atoms with Crippen LogP contribution in [0.25, 0.3) is 0 Å². The van der Waals surface area contributed by atoms with E-state index in [2.05, 4.69) is 5.32 Å². The lowest BCUT2D eigenvalue weighted by Gasteiger charge is -2.17. The Morgan fingerprint density at radius 3 is 2.83 bits per heavy atom. The third-order valence-corrected chi connectivity index (χ3v) is 2.99. The van der Waals surface area contributed by atoms with Crippen LogP contribution < -0.4 is 11.1 Å². The summed E-state index contributed by atoms with van der Waals surface area (Å²) in [6.07, 6.45) is 2.39. The first-order chi connectivity index (χ1) is 8.52. The van der Waals surface area contributed by atoms with E-state index in [0.29, 0.717) is 5.02 Å². The third kappa shape index (κ3) is 5.07. The Morgan fingerprint density at radius 2 is 2.22 bits per heavy atom. The lowest BCUT2D eigenvalue weighted by atomic mass is 10.1. The van der Waals surface area contributed by atoms with E-state index in [0.717, 1.165) is 24.8 Å². The molecule has 1 aromatic rings. The number of hydrogen-bond donors (Lipinski definition) is 2. The topological polar surface area (TPSA) is 55.1 Å². The molecule has 3 nitrogen and oxygen atoms in total. The molecule has 0 saturated carbocycles. The summed E-state index contributed by atoms with van der Waals surface area (Å²) in [6.45, 7) is 3.99. The second-order valence-corrected chi connectivity index (χ2v) is 5.08. The van der Waals surface area contributed by atoms with Gasteiger partial charge in [-0.3, -0.25) is 4.79 Å². The van der Waals surface area contributed by atoms with Gasteiger partial charge < -0.3 is 11.1 Å². The highest BCUT2D eigenvalue weighted by molar-refractivity contribution is 6.30. The Kier molecular flexibility index (Phi) is 6.16. The monoisotopic (exact) mass is 268 g/mol. The standard InChI is InChI=1S/C14H21ClN2O/c1-3-5-13(16)14(18)17-10(2)8-11-6-4-7-12(15)9-11/h4,6-7,9-10,13H,3,5,8,16H2,1-2H3,(H,17,18)/t10?,13-/m0/s1. The van der Waals surface area contributed by atoms with E-state index in [1.807, 2.05) is 38.1 Å². The van der Waals surface area contributed by atoms with E-state index in [9.17, 15) is 4.79 Å². The fourth-order valence-electron chi connectivity index (χ4n) is 1.86. The fraction of sp³-hybridized carbons (Fsp3) is 0.500. The molecule has 0 aliphatic heterocycles. The molecule has 4 heteroatoms. The van der Waals surface area contributed by atoms with E-state index in [-0.39, 0.29) is 11.9 Å². The molecule has 0 heterocycles. The summed E-state index contributed by atoms with van der Waals surface area (Å²) >= 11 is 5.92. The van der Waals surface area contributed by atoms with Gasteiger partial charge in [-0.05, 0) is 37.5 Å². The molecule has 1 aromatic carbocycles. The summed E-state index contributed by atoms with van der Waals surface area (Å²) in [4.78, 5) is 11.7. The van der Waals surface area contributed by atoms with Crippen molar-refractivity contribution < 1.29 is 4.79 Å². The van der Waals surface area contributed by atoms with Gasteiger partial charge in [-0.1, -0.05) is 37.1 Å². The van der Waals surface area contributed by atoms with Gasteiger partial charge in [0.25, 0.3) is 0 Å². The normalized spacial score (nSPS) is 14.0. The number of nitrogens with one attached hydrogen (secondary N) is 1. The van der Waals surface area contributed by atoms with Crippen molar-refractivity contribution >= 4 is 17.5 Å². The Hall–Kier alpha value is -1.06. The van der Waals surface area contributed by atoms with Crippen molar-refractivity contribution in [2.75, 3.05) is 0 Å². The van der Waals surface area contributed by atoms with Crippen molar-refractivity contribution in [2.24, 2.45) is 5.73 Å². The largest absolute Gasteiger partial charge is 0.352 e. The molecule has 0 saturated heterocycles. The number of carbonyl (C=O) groups excluding carboxylic acids is 1. The third-order valence-electron chi connectivity index (χ3n) is 2.76. The SMILES string of the molecule is CCC[C@H](N)C(=O)NC(C)Cc1cccc(Cl)c1. The maximum Gasteiger partial charge on any atom is 0.237 e. The Bertz CT molecular complexity index is 395. The first kappa shape index (κ1) is 15.0. The molecule has 2 atom stereocenters. The first-order valence-corrected chi connectivity index (χ1v) is 6.71. The highest BCUT2D eigenvalue weighted by Crippen LogP contribution is 2.12. The highest BCUT2D eigenvalue weighted by atomic mass is 35.5. The summed E-state index contributed by atoms with van der Waals surface area (Å²) in [6, 6.07) is 7.31. The van der Waals surface area contributed by atoms with Crippen molar-refractivity contribution in [1.29, 1.82) is 0 Å². The van der Waals surface area contributed by atoms with Gasteiger partial charge in [0.2, 0.25) is 5.91 Å². The summed E-state index contributed by atoms with van der Waals surface area (Å²) in [7, 11) is 0. The van der Waals surface area contributed by atoms with Crippen LogP contribution >= 0.6 is 11.6 Å². The Balaban J connectivity index is 2.46. The number of rotatable bonds is 6. The number of nitrogens with two attached hydrogens (primary N) is 1. The van der Waals surface area contributed by atoms with Crippen LogP contribution in [0.4, 0.5) is 0 Å². The predicted molar refractivity (Wildman–Crippen MR) is 75.6 cm³/mol. The summed E-state index contributed by atoms with van der Waals surface area (Å²) < 4.78 is 0. The maximum atomic E-state index is 11.7. The van der Waals surface area contributed by atoms with Crippen LogP contribution in [-0.4, -0.2) is 18.0 Å². The van der Waals surface area contributed by atoms with Gasteiger partial charge in [0.15, 0.2) is 0 Å². The molecule has 0 fully saturated rings. The number of hydrogen-bond acceptors (Lipinski definition) is 2. The zero-order valence-corrected chi connectivity index (χ0v) is 11.7. The van der Waals surface area contributed by atoms with Crippen molar-refractivity contribution in [3.63, 3.8) is 0 Å². The average molecular weight is 269 g/mol. The van der Waals surface area contributed by atoms with Gasteiger partial charge in [-0.2, -0.15) is 0 Å². The highest BCUT2D eigenvalue weighted by Gasteiger charge is 2.14. The van der Waals surface area contributed by atoms with Gasteiger partial charge in [-0.25, -0.2) is 0 Å². The minimum absolute atomic E-state index is 0.0545. The second kappa shape index (κ2) is 7.39. The van der Waals surface area contributed by atoms with E-state index < -0.39 is 6.04 Å². The molecule has 18 heavy (non-hydrogen) atoms. The average Bonchev–Trinajstić information content (AvgIpc) is 2.28. The molecule has 0 aromatic heterocycles. The summed E-state index contributed by atoms with van der Waals surface area (Å²) in [5.41, 5.74) is 6.87. The fourth-order valence-corrected chi connectivity index (χ4v) is 2.07. The van der Waals surface area contributed by atoms with Crippen LogP contribution in [-0.2, 0) is 11.2 Å².